The number of benzene rings is 2. The standard InChI is InChI=1S/C20H16O4/c1-23-17-5-3-2-4-12(17)10-13-6-8-15-19(22)16-11-14(21)7-9-18(16)24-20(13)15/h2-5,7,9-11,21H,6,8H2,1H3/b13-10+. The lowest BCUT2D eigenvalue weighted by Gasteiger charge is -2.06. The summed E-state index contributed by atoms with van der Waals surface area (Å²) >= 11 is 0. The third-order valence-electron chi connectivity index (χ3n) is 4.37. The Morgan fingerprint density at radius 1 is 1.17 bits per heavy atom. The number of methoxy groups -OCH3 is 1. The number of hydrogen-bond acceptors (Lipinski definition) is 4. The van der Waals surface area contributed by atoms with Crippen LogP contribution in [-0.4, -0.2) is 12.2 Å². The molecule has 0 saturated carbocycles. The first kappa shape index (κ1) is 14.6. The number of ether oxygens (including phenoxy) is 1. The second kappa shape index (κ2) is 5.57. The Balaban J connectivity index is 1.90. The van der Waals surface area contributed by atoms with Crippen LogP contribution in [0.4, 0.5) is 0 Å². The van der Waals surface area contributed by atoms with Crippen LogP contribution in [0.5, 0.6) is 11.5 Å². The van der Waals surface area contributed by atoms with Crippen molar-refractivity contribution in [1.29, 1.82) is 0 Å². The maximum atomic E-state index is 12.7. The molecule has 1 aliphatic rings. The summed E-state index contributed by atoms with van der Waals surface area (Å²) < 4.78 is 11.4. The van der Waals surface area contributed by atoms with Crippen LogP contribution in [0.15, 0.2) is 51.7 Å². The van der Waals surface area contributed by atoms with Crippen LogP contribution in [0.3, 0.4) is 0 Å². The average molecular weight is 320 g/mol. The molecule has 120 valence electrons. The molecule has 1 N–H and O–H groups in total. The molecular formula is C20H16O4. The van der Waals surface area contributed by atoms with Crippen molar-refractivity contribution in [1.82, 2.24) is 0 Å². The van der Waals surface area contributed by atoms with E-state index in [0.29, 0.717) is 28.7 Å². The van der Waals surface area contributed by atoms with Gasteiger partial charge in [-0.25, -0.2) is 0 Å². The van der Waals surface area contributed by atoms with Crippen molar-refractivity contribution >= 4 is 22.6 Å². The average Bonchev–Trinajstić information content (AvgIpc) is 2.99. The number of allylic oxidation sites excluding steroid dienone is 1. The summed E-state index contributed by atoms with van der Waals surface area (Å²) in [5.41, 5.74) is 3.04. The Hall–Kier alpha value is -3.01. The maximum absolute atomic E-state index is 12.7. The summed E-state index contributed by atoms with van der Waals surface area (Å²) in [5.74, 6) is 1.49. The van der Waals surface area contributed by atoms with Gasteiger partial charge in [0.05, 0.1) is 12.5 Å². The number of phenols is 1. The summed E-state index contributed by atoms with van der Waals surface area (Å²) in [5, 5.41) is 10.0. The molecule has 3 aromatic rings. The van der Waals surface area contributed by atoms with E-state index in [4.69, 9.17) is 9.15 Å². The van der Waals surface area contributed by atoms with E-state index in [-0.39, 0.29) is 11.2 Å². The van der Waals surface area contributed by atoms with Gasteiger partial charge >= 0.3 is 0 Å². The fraction of sp³-hybridized carbons (Fsp3) is 0.150. The fourth-order valence-corrected chi connectivity index (χ4v) is 3.19. The van der Waals surface area contributed by atoms with Gasteiger partial charge in [0.2, 0.25) is 0 Å². The molecule has 0 radical (unpaired) electrons. The van der Waals surface area contributed by atoms with E-state index in [9.17, 15) is 9.90 Å². The molecule has 4 rings (SSSR count). The van der Waals surface area contributed by atoms with Gasteiger partial charge in [0.25, 0.3) is 0 Å². The molecule has 0 atom stereocenters. The van der Waals surface area contributed by atoms with E-state index in [2.05, 4.69) is 0 Å². The van der Waals surface area contributed by atoms with Crippen LogP contribution >= 0.6 is 0 Å². The minimum atomic E-state index is -0.0643. The van der Waals surface area contributed by atoms with Crippen LogP contribution in [0, 0.1) is 0 Å². The number of phenolic OH excluding ortho intramolecular Hbond substituents is 1. The lowest BCUT2D eigenvalue weighted by Crippen LogP contribution is -2.08. The third-order valence-corrected chi connectivity index (χ3v) is 4.37. The zero-order valence-corrected chi connectivity index (χ0v) is 13.2. The molecule has 1 heterocycles. The van der Waals surface area contributed by atoms with Gasteiger partial charge in [-0.1, -0.05) is 18.2 Å². The molecule has 1 aliphatic carbocycles. The molecule has 0 fully saturated rings. The zero-order valence-electron chi connectivity index (χ0n) is 13.2. The van der Waals surface area contributed by atoms with Crippen LogP contribution in [0.1, 0.15) is 23.3 Å². The summed E-state index contributed by atoms with van der Waals surface area (Å²) in [6, 6.07) is 12.4. The van der Waals surface area contributed by atoms with Crippen molar-refractivity contribution in [2.75, 3.05) is 7.11 Å². The molecule has 0 amide bonds. The van der Waals surface area contributed by atoms with E-state index in [1.807, 2.05) is 30.3 Å². The minimum Gasteiger partial charge on any atom is -0.508 e. The second-order valence-electron chi connectivity index (χ2n) is 5.83. The van der Waals surface area contributed by atoms with Crippen LogP contribution < -0.4 is 10.2 Å². The highest BCUT2D eigenvalue weighted by Gasteiger charge is 2.24. The first-order valence-corrected chi connectivity index (χ1v) is 7.80. The Kier molecular flexibility index (Phi) is 3.38. The van der Waals surface area contributed by atoms with Gasteiger partial charge in [0.15, 0.2) is 5.43 Å². The monoisotopic (exact) mass is 320 g/mol. The van der Waals surface area contributed by atoms with E-state index in [0.717, 1.165) is 23.3 Å². The second-order valence-corrected chi connectivity index (χ2v) is 5.83. The highest BCUT2D eigenvalue weighted by atomic mass is 16.5. The topological polar surface area (TPSA) is 59.7 Å². The first-order chi connectivity index (χ1) is 11.7. The number of hydrogen-bond donors (Lipinski definition) is 1. The van der Waals surface area contributed by atoms with E-state index < -0.39 is 0 Å². The molecule has 0 unspecified atom stereocenters. The minimum absolute atomic E-state index is 0.0643. The first-order valence-electron chi connectivity index (χ1n) is 7.80. The highest BCUT2D eigenvalue weighted by molar-refractivity contribution is 5.88. The number of rotatable bonds is 2. The molecule has 4 heteroatoms. The van der Waals surface area contributed by atoms with Crippen molar-refractivity contribution in [2.24, 2.45) is 0 Å². The van der Waals surface area contributed by atoms with Crippen molar-refractivity contribution in [2.45, 2.75) is 12.8 Å². The zero-order chi connectivity index (χ0) is 16.7. The van der Waals surface area contributed by atoms with E-state index in [1.165, 1.54) is 12.1 Å². The quantitative estimate of drug-likeness (QED) is 0.775. The van der Waals surface area contributed by atoms with E-state index >= 15 is 0 Å². The Morgan fingerprint density at radius 3 is 2.83 bits per heavy atom. The largest absolute Gasteiger partial charge is 0.508 e. The smallest absolute Gasteiger partial charge is 0.196 e. The molecule has 2 aromatic carbocycles. The Bertz CT molecular complexity index is 1030. The van der Waals surface area contributed by atoms with Crippen molar-refractivity contribution in [3.05, 3.63) is 69.6 Å². The van der Waals surface area contributed by atoms with E-state index in [1.54, 1.807) is 13.2 Å². The van der Waals surface area contributed by atoms with Crippen molar-refractivity contribution < 1.29 is 14.3 Å². The van der Waals surface area contributed by atoms with Crippen molar-refractivity contribution in [3.8, 4) is 11.5 Å². The van der Waals surface area contributed by atoms with Gasteiger partial charge < -0.3 is 14.3 Å². The molecule has 0 aliphatic heterocycles. The summed E-state index contributed by atoms with van der Waals surface area (Å²) in [6.07, 6.45) is 3.40. The predicted octanol–water partition coefficient (Wildman–Crippen LogP) is 3.99. The molecule has 4 nitrogen and oxygen atoms in total. The predicted molar refractivity (Wildman–Crippen MR) is 93.3 cm³/mol. The normalized spacial score (nSPS) is 15.0. The summed E-state index contributed by atoms with van der Waals surface area (Å²) in [6.45, 7) is 0. The molecule has 1 aromatic heterocycles. The maximum Gasteiger partial charge on any atom is 0.196 e. The number of aromatic hydroxyl groups is 1. The summed E-state index contributed by atoms with van der Waals surface area (Å²) in [7, 11) is 1.64. The molecular weight excluding hydrogens is 304 g/mol. The fourth-order valence-electron chi connectivity index (χ4n) is 3.19. The summed E-state index contributed by atoms with van der Waals surface area (Å²) in [4.78, 5) is 12.7. The van der Waals surface area contributed by atoms with Gasteiger partial charge in [0, 0.05) is 11.1 Å². The van der Waals surface area contributed by atoms with Gasteiger partial charge in [-0.2, -0.15) is 0 Å². The molecule has 0 bridgehead atoms. The number of para-hydroxylation sites is 1. The number of fused-ring (bicyclic) bond motifs is 2. The van der Waals surface area contributed by atoms with Crippen LogP contribution in [-0.2, 0) is 6.42 Å². The molecule has 0 saturated heterocycles. The van der Waals surface area contributed by atoms with Crippen LogP contribution in [0.25, 0.3) is 22.6 Å². The third kappa shape index (κ3) is 2.27. The Morgan fingerprint density at radius 2 is 2.00 bits per heavy atom. The van der Waals surface area contributed by atoms with Gasteiger partial charge in [0.1, 0.15) is 22.8 Å². The van der Waals surface area contributed by atoms with Crippen LogP contribution in [0.2, 0.25) is 0 Å². The van der Waals surface area contributed by atoms with Gasteiger partial charge in [-0.15, -0.1) is 0 Å². The SMILES string of the molecule is COc1ccccc1/C=C1\CCc2c1oc1ccc(O)cc1c2=O. The highest BCUT2D eigenvalue weighted by Crippen LogP contribution is 2.35. The van der Waals surface area contributed by atoms with Gasteiger partial charge in [-0.3, -0.25) is 4.79 Å². The molecule has 24 heavy (non-hydrogen) atoms. The van der Waals surface area contributed by atoms with Gasteiger partial charge in [-0.05, 0) is 48.8 Å². The molecule has 0 spiro atoms. The Labute approximate surface area is 138 Å². The van der Waals surface area contributed by atoms with Crippen molar-refractivity contribution in [3.63, 3.8) is 0 Å². The lowest BCUT2D eigenvalue weighted by molar-refractivity contribution is 0.414. The lowest BCUT2D eigenvalue weighted by atomic mass is 10.1.